The largest absolute Gasteiger partial charge is 0.493 e. The summed E-state index contributed by atoms with van der Waals surface area (Å²) in [7, 11) is 2.75. The van der Waals surface area contributed by atoms with E-state index in [4.69, 9.17) is 21.1 Å². The second kappa shape index (κ2) is 9.77. The number of carboxylic acids is 1. The van der Waals surface area contributed by atoms with Crippen molar-refractivity contribution in [2.45, 2.75) is 6.54 Å². The number of amides is 1. The number of rotatable bonds is 8. The zero-order valence-electron chi connectivity index (χ0n) is 16.7. The Balaban J connectivity index is 1.70. The first-order valence-corrected chi connectivity index (χ1v) is 9.40. The van der Waals surface area contributed by atoms with E-state index in [2.05, 4.69) is 15.6 Å². The molecule has 3 rings (SSSR count). The lowest BCUT2D eigenvalue weighted by molar-refractivity contribution is 0.0692. The van der Waals surface area contributed by atoms with Gasteiger partial charge in [0.1, 0.15) is 5.56 Å². The second-order valence-corrected chi connectivity index (χ2v) is 6.73. The van der Waals surface area contributed by atoms with Gasteiger partial charge in [0, 0.05) is 16.8 Å². The Morgan fingerprint density at radius 1 is 1.16 bits per heavy atom. The molecule has 1 amide bonds. The molecule has 0 aliphatic carbocycles. The number of hydrogen-bond acceptors (Lipinski definition) is 6. The quantitative estimate of drug-likeness (QED) is 0.409. The smallest absolute Gasteiger partial charge is 0.340 e. The molecular weight excluding hydrogens is 424 g/mol. The van der Waals surface area contributed by atoms with Crippen molar-refractivity contribution in [3.8, 4) is 11.5 Å². The summed E-state index contributed by atoms with van der Waals surface area (Å²) in [6.45, 7) is 0.474. The number of nitrogens with one attached hydrogen (secondary N) is 1. The van der Waals surface area contributed by atoms with Crippen LogP contribution in [0.1, 0.15) is 32.0 Å². The van der Waals surface area contributed by atoms with Gasteiger partial charge in [0.25, 0.3) is 5.91 Å². The number of benzene rings is 2. The first-order chi connectivity index (χ1) is 14.9. The number of carboxylic acid groups (broad SMARTS) is 1. The van der Waals surface area contributed by atoms with Gasteiger partial charge in [0.2, 0.25) is 0 Å². The molecule has 0 bridgehead atoms. The number of nitrogens with zero attached hydrogens (tertiary/aromatic N) is 3. The molecule has 10 heteroatoms. The summed E-state index contributed by atoms with van der Waals surface area (Å²) < 4.78 is 11.9. The van der Waals surface area contributed by atoms with Crippen LogP contribution < -0.4 is 14.9 Å². The van der Waals surface area contributed by atoms with Crippen molar-refractivity contribution in [1.29, 1.82) is 0 Å². The normalized spacial score (nSPS) is 10.8. The molecule has 0 saturated carbocycles. The third-order valence-electron chi connectivity index (χ3n) is 4.29. The maximum Gasteiger partial charge on any atom is 0.340 e. The molecule has 0 aliphatic heterocycles. The molecule has 1 heterocycles. The van der Waals surface area contributed by atoms with E-state index in [1.807, 2.05) is 12.1 Å². The number of hydrazone groups is 1. The summed E-state index contributed by atoms with van der Waals surface area (Å²) in [5, 5.41) is 18.2. The van der Waals surface area contributed by atoms with Crippen molar-refractivity contribution in [2.24, 2.45) is 5.10 Å². The highest BCUT2D eigenvalue weighted by Crippen LogP contribution is 2.32. The van der Waals surface area contributed by atoms with Crippen molar-refractivity contribution in [3.05, 3.63) is 76.1 Å². The molecule has 0 aliphatic rings. The highest BCUT2D eigenvalue weighted by molar-refractivity contribution is 6.30. The van der Waals surface area contributed by atoms with E-state index in [1.54, 1.807) is 35.1 Å². The molecule has 2 N–H and O–H groups in total. The van der Waals surface area contributed by atoms with Gasteiger partial charge < -0.3 is 14.6 Å². The number of aromatic nitrogens is 2. The molecule has 2 aromatic carbocycles. The van der Waals surface area contributed by atoms with Crippen molar-refractivity contribution < 1.29 is 24.2 Å². The van der Waals surface area contributed by atoms with E-state index in [0.29, 0.717) is 11.6 Å². The first kappa shape index (κ1) is 21.8. The summed E-state index contributed by atoms with van der Waals surface area (Å²) in [5.74, 6) is -1.42. The fourth-order valence-electron chi connectivity index (χ4n) is 2.84. The molecule has 0 spiro atoms. The molecule has 9 nitrogen and oxygen atoms in total. The van der Waals surface area contributed by atoms with Crippen LogP contribution in [0.5, 0.6) is 11.5 Å². The summed E-state index contributed by atoms with van der Waals surface area (Å²) >= 11 is 5.88. The number of carbonyl (C=O) groups is 2. The Labute approximate surface area is 182 Å². The predicted octanol–water partition coefficient (Wildman–Crippen LogP) is 3.06. The fourth-order valence-corrected chi connectivity index (χ4v) is 2.96. The van der Waals surface area contributed by atoms with Crippen LogP contribution in [0.3, 0.4) is 0 Å². The predicted molar refractivity (Wildman–Crippen MR) is 114 cm³/mol. The van der Waals surface area contributed by atoms with Gasteiger partial charge in [0.05, 0.1) is 27.0 Å². The summed E-state index contributed by atoms with van der Waals surface area (Å²) in [6.07, 6.45) is 2.89. The lowest BCUT2D eigenvalue weighted by Crippen LogP contribution is -2.19. The number of aromatic carboxylic acids is 1. The number of carbonyl (C=O) groups excluding carboxylic acids is 1. The van der Waals surface area contributed by atoms with Crippen LogP contribution in [0.4, 0.5) is 0 Å². The van der Waals surface area contributed by atoms with Gasteiger partial charge in [-0.25, -0.2) is 10.2 Å². The average molecular weight is 443 g/mol. The van der Waals surface area contributed by atoms with Crippen LogP contribution in [0.15, 0.2) is 53.8 Å². The van der Waals surface area contributed by atoms with Crippen LogP contribution in [-0.2, 0) is 6.54 Å². The monoisotopic (exact) mass is 442 g/mol. The summed E-state index contributed by atoms with van der Waals surface area (Å²) in [6, 6.07) is 11.9. The number of ether oxygens (including phenoxy) is 2. The highest BCUT2D eigenvalue weighted by atomic mass is 35.5. The van der Waals surface area contributed by atoms with Gasteiger partial charge in [0.15, 0.2) is 17.2 Å². The topological polar surface area (TPSA) is 115 Å². The SMILES string of the molecule is COc1ccc(/C=N\NC(=O)c2ccn(Cc3ccc(Cl)cc3)n2)c(C(=O)O)c1OC. The van der Waals surface area contributed by atoms with Gasteiger partial charge in [-0.15, -0.1) is 0 Å². The molecule has 0 saturated heterocycles. The van der Waals surface area contributed by atoms with Crippen LogP contribution in [-0.4, -0.2) is 47.2 Å². The lowest BCUT2D eigenvalue weighted by Gasteiger charge is -2.12. The second-order valence-electron chi connectivity index (χ2n) is 6.29. The third kappa shape index (κ3) is 5.20. The van der Waals surface area contributed by atoms with Crippen LogP contribution in [0, 0.1) is 0 Å². The molecule has 31 heavy (non-hydrogen) atoms. The molecule has 0 atom stereocenters. The van der Waals surface area contributed by atoms with Crippen LogP contribution >= 0.6 is 11.6 Å². The van der Waals surface area contributed by atoms with Crippen molar-refractivity contribution >= 4 is 29.7 Å². The van der Waals surface area contributed by atoms with Crippen LogP contribution in [0.25, 0.3) is 0 Å². The fraction of sp³-hybridized carbons (Fsp3) is 0.143. The van der Waals surface area contributed by atoms with Gasteiger partial charge >= 0.3 is 5.97 Å². The average Bonchev–Trinajstić information content (AvgIpc) is 3.23. The molecule has 1 aromatic heterocycles. The number of methoxy groups -OCH3 is 2. The Morgan fingerprint density at radius 2 is 1.90 bits per heavy atom. The Hall–Kier alpha value is -3.85. The van der Waals surface area contributed by atoms with Gasteiger partial charge in [-0.3, -0.25) is 9.48 Å². The molecule has 160 valence electrons. The van der Waals surface area contributed by atoms with Gasteiger partial charge in [-0.1, -0.05) is 23.7 Å². The zero-order valence-corrected chi connectivity index (χ0v) is 17.5. The molecule has 0 fully saturated rings. The maximum atomic E-state index is 12.3. The van der Waals surface area contributed by atoms with Crippen molar-refractivity contribution in [3.63, 3.8) is 0 Å². The number of hydrogen-bond donors (Lipinski definition) is 2. The minimum Gasteiger partial charge on any atom is -0.493 e. The zero-order chi connectivity index (χ0) is 22.4. The third-order valence-corrected chi connectivity index (χ3v) is 4.54. The first-order valence-electron chi connectivity index (χ1n) is 9.02. The van der Waals surface area contributed by atoms with Gasteiger partial charge in [-0.05, 0) is 35.9 Å². The number of halogens is 1. The van der Waals surface area contributed by atoms with Crippen molar-refractivity contribution in [2.75, 3.05) is 14.2 Å². The molecule has 0 radical (unpaired) electrons. The highest BCUT2D eigenvalue weighted by Gasteiger charge is 2.20. The van der Waals surface area contributed by atoms with Crippen molar-refractivity contribution in [1.82, 2.24) is 15.2 Å². The van der Waals surface area contributed by atoms with E-state index in [1.165, 1.54) is 26.5 Å². The lowest BCUT2D eigenvalue weighted by atomic mass is 10.1. The van der Waals surface area contributed by atoms with E-state index in [9.17, 15) is 14.7 Å². The van der Waals surface area contributed by atoms with Gasteiger partial charge in [-0.2, -0.15) is 10.2 Å². The Kier molecular flexibility index (Phi) is 6.88. The van der Waals surface area contributed by atoms with E-state index in [0.717, 1.165) is 5.56 Å². The Morgan fingerprint density at radius 3 is 2.55 bits per heavy atom. The molecular formula is C21H19ClN4O5. The van der Waals surface area contributed by atoms with Crippen LogP contribution in [0.2, 0.25) is 5.02 Å². The maximum absolute atomic E-state index is 12.3. The standard InChI is InChI=1S/C21H19ClN4O5/c1-30-17-8-5-14(18(21(28)29)19(17)31-2)11-23-24-20(27)16-9-10-26(25-16)12-13-3-6-15(22)7-4-13/h3-11H,12H2,1-2H3,(H,24,27)(H,28,29)/b23-11-. The minimum atomic E-state index is -1.22. The Bertz CT molecular complexity index is 1130. The summed E-state index contributed by atoms with van der Waals surface area (Å²) in [4.78, 5) is 24.0. The van der Waals surface area contributed by atoms with E-state index >= 15 is 0 Å². The molecule has 0 unspecified atom stereocenters. The van der Waals surface area contributed by atoms with E-state index < -0.39 is 11.9 Å². The molecule has 3 aromatic rings. The minimum absolute atomic E-state index is 0.0613. The van der Waals surface area contributed by atoms with E-state index in [-0.39, 0.29) is 28.3 Å². The summed E-state index contributed by atoms with van der Waals surface area (Å²) in [5.41, 5.74) is 3.58.